The number of anilines is 1. The number of benzene rings is 1. The summed E-state index contributed by atoms with van der Waals surface area (Å²) in [5, 5.41) is 5.60. The Labute approximate surface area is 112 Å². The second-order valence-corrected chi connectivity index (χ2v) is 4.05. The minimum atomic E-state index is -0.564. The van der Waals surface area contributed by atoms with Gasteiger partial charge in [0.05, 0.1) is 6.61 Å². The number of nitrogens with two attached hydrogens (primary N) is 1. The van der Waals surface area contributed by atoms with Crippen LogP contribution in [0.3, 0.4) is 0 Å². The standard InChI is InChI=1S/C13H19N3O3/c1-9(19-7-6-15-2)13(18)16-11-5-3-4-10(8-11)12(14)17/h3-5,8-9,15H,6-7H2,1-2H3,(H2,14,17)(H,16,18). The van der Waals surface area contributed by atoms with Crippen LogP contribution in [0, 0.1) is 0 Å². The molecule has 1 rings (SSSR count). The molecule has 0 aliphatic rings. The molecule has 1 atom stereocenters. The van der Waals surface area contributed by atoms with Gasteiger partial charge in [-0.1, -0.05) is 6.07 Å². The molecule has 2 amide bonds. The summed E-state index contributed by atoms with van der Waals surface area (Å²) in [4.78, 5) is 22.8. The molecule has 19 heavy (non-hydrogen) atoms. The number of rotatable bonds is 7. The van der Waals surface area contributed by atoms with Crippen molar-refractivity contribution in [1.29, 1.82) is 0 Å². The lowest BCUT2D eigenvalue weighted by Crippen LogP contribution is -2.30. The lowest BCUT2D eigenvalue weighted by Gasteiger charge is -2.13. The van der Waals surface area contributed by atoms with Crippen LogP contribution in [0.15, 0.2) is 24.3 Å². The van der Waals surface area contributed by atoms with E-state index in [1.165, 1.54) is 6.07 Å². The summed E-state index contributed by atoms with van der Waals surface area (Å²) in [7, 11) is 1.81. The highest BCUT2D eigenvalue weighted by atomic mass is 16.5. The highest BCUT2D eigenvalue weighted by Gasteiger charge is 2.13. The van der Waals surface area contributed by atoms with E-state index in [4.69, 9.17) is 10.5 Å². The van der Waals surface area contributed by atoms with Gasteiger partial charge in [0.25, 0.3) is 5.91 Å². The minimum Gasteiger partial charge on any atom is -0.367 e. The maximum absolute atomic E-state index is 11.8. The molecule has 1 aromatic carbocycles. The third-order valence-electron chi connectivity index (χ3n) is 2.50. The van der Waals surface area contributed by atoms with Gasteiger partial charge < -0.3 is 21.1 Å². The summed E-state index contributed by atoms with van der Waals surface area (Å²) in [6, 6.07) is 6.46. The second kappa shape index (κ2) is 7.50. The molecule has 6 nitrogen and oxygen atoms in total. The fourth-order valence-corrected chi connectivity index (χ4v) is 1.41. The number of hydrogen-bond acceptors (Lipinski definition) is 4. The first kappa shape index (κ1) is 15.1. The Balaban J connectivity index is 2.56. The summed E-state index contributed by atoms with van der Waals surface area (Å²) >= 11 is 0. The molecule has 0 fully saturated rings. The Morgan fingerprint density at radius 1 is 1.42 bits per heavy atom. The van der Waals surface area contributed by atoms with Crippen LogP contribution >= 0.6 is 0 Å². The molecule has 4 N–H and O–H groups in total. The van der Waals surface area contributed by atoms with E-state index in [-0.39, 0.29) is 5.91 Å². The number of nitrogens with one attached hydrogen (secondary N) is 2. The van der Waals surface area contributed by atoms with Crippen molar-refractivity contribution in [3.05, 3.63) is 29.8 Å². The van der Waals surface area contributed by atoms with Gasteiger partial charge in [0.15, 0.2) is 0 Å². The summed E-state index contributed by atoms with van der Waals surface area (Å²) in [6.45, 7) is 2.80. The largest absolute Gasteiger partial charge is 0.367 e. The molecule has 0 saturated heterocycles. The van der Waals surface area contributed by atoms with Crippen molar-refractivity contribution in [2.75, 3.05) is 25.5 Å². The van der Waals surface area contributed by atoms with Gasteiger partial charge in [0, 0.05) is 17.8 Å². The molecule has 0 aromatic heterocycles. The Bertz CT molecular complexity index is 449. The third kappa shape index (κ3) is 5.07. The first-order chi connectivity index (χ1) is 9.04. The molecule has 0 heterocycles. The maximum atomic E-state index is 11.8. The predicted octanol–water partition coefficient (Wildman–Crippen LogP) is 0.349. The number of likely N-dealkylation sites (N-methyl/N-ethyl adjacent to an activating group) is 1. The van der Waals surface area contributed by atoms with Gasteiger partial charge in [0.2, 0.25) is 5.91 Å². The number of carbonyl (C=O) groups is 2. The lowest BCUT2D eigenvalue weighted by atomic mass is 10.2. The quantitative estimate of drug-likeness (QED) is 0.620. The normalized spacial score (nSPS) is 11.9. The van der Waals surface area contributed by atoms with Crippen molar-refractivity contribution < 1.29 is 14.3 Å². The monoisotopic (exact) mass is 265 g/mol. The van der Waals surface area contributed by atoms with Crippen LogP contribution in [0.25, 0.3) is 0 Å². The van der Waals surface area contributed by atoms with E-state index in [1.54, 1.807) is 25.1 Å². The van der Waals surface area contributed by atoms with Gasteiger partial charge >= 0.3 is 0 Å². The predicted molar refractivity (Wildman–Crippen MR) is 72.9 cm³/mol. The molecule has 0 spiro atoms. The SMILES string of the molecule is CNCCOC(C)C(=O)Nc1cccc(C(N)=O)c1. The molecule has 1 unspecified atom stereocenters. The van der Waals surface area contributed by atoms with Crippen LogP contribution in [-0.2, 0) is 9.53 Å². The zero-order valence-corrected chi connectivity index (χ0v) is 11.1. The summed E-state index contributed by atoms with van der Waals surface area (Å²) in [6.07, 6.45) is -0.564. The van der Waals surface area contributed by atoms with E-state index in [0.717, 1.165) is 0 Å². The van der Waals surface area contributed by atoms with Crippen molar-refractivity contribution >= 4 is 17.5 Å². The van der Waals surface area contributed by atoms with Crippen molar-refractivity contribution in [2.45, 2.75) is 13.0 Å². The fraction of sp³-hybridized carbons (Fsp3) is 0.385. The fourth-order valence-electron chi connectivity index (χ4n) is 1.41. The molecular formula is C13H19N3O3. The Hall–Kier alpha value is -1.92. The number of hydrogen-bond donors (Lipinski definition) is 3. The average molecular weight is 265 g/mol. The second-order valence-electron chi connectivity index (χ2n) is 4.05. The first-order valence-electron chi connectivity index (χ1n) is 6.01. The van der Waals surface area contributed by atoms with Crippen molar-refractivity contribution in [1.82, 2.24) is 5.32 Å². The molecule has 1 aromatic rings. The van der Waals surface area contributed by atoms with Crippen molar-refractivity contribution in [2.24, 2.45) is 5.73 Å². The summed E-state index contributed by atoms with van der Waals surface area (Å²) in [5.74, 6) is -0.799. The molecule has 0 aliphatic heterocycles. The molecule has 0 aliphatic carbocycles. The van der Waals surface area contributed by atoms with E-state index >= 15 is 0 Å². The van der Waals surface area contributed by atoms with Gasteiger partial charge in [-0.25, -0.2) is 0 Å². The van der Waals surface area contributed by atoms with Gasteiger partial charge in [-0.05, 0) is 32.2 Å². The van der Waals surface area contributed by atoms with Crippen LogP contribution in [0.4, 0.5) is 5.69 Å². The lowest BCUT2D eigenvalue weighted by molar-refractivity contribution is -0.126. The molecule has 0 saturated carbocycles. The average Bonchev–Trinajstić information content (AvgIpc) is 2.39. The maximum Gasteiger partial charge on any atom is 0.253 e. The third-order valence-corrected chi connectivity index (χ3v) is 2.50. The number of carbonyl (C=O) groups excluding carboxylic acids is 2. The van der Waals surface area contributed by atoms with Gasteiger partial charge in [-0.15, -0.1) is 0 Å². The number of primary amides is 1. The zero-order valence-electron chi connectivity index (χ0n) is 11.1. The highest BCUT2D eigenvalue weighted by Crippen LogP contribution is 2.11. The van der Waals surface area contributed by atoms with E-state index in [2.05, 4.69) is 10.6 Å². The van der Waals surface area contributed by atoms with E-state index in [0.29, 0.717) is 24.4 Å². The number of ether oxygens (including phenoxy) is 1. The Morgan fingerprint density at radius 2 is 2.16 bits per heavy atom. The van der Waals surface area contributed by atoms with Gasteiger partial charge in [0.1, 0.15) is 6.10 Å². The summed E-state index contributed by atoms with van der Waals surface area (Å²) < 4.78 is 5.33. The van der Waals surface area contributed by atoms with Gasteiger partial charge in [-0.3, -0.25) is 9.59 Å². The smallest absolute Gasteiger partial charge is 0.253 e. The van der Waals surface area contributed by atoms with Crippen molar-refractivity contribution in [3.63, 3.8) is 0 Å². The molecule has 0 bridgehead atoms. The molecule has 6 heteroatoms. The van der Waals surface area contributed by atoms with Crippen LogP contribution in [0.5, 0.6) is 0 Å². The topological polar surface area (TPSA) is 93.4 Å². The van der Waals surface area contributed by atoms with Crippen LogP contribution in [0.2, 0.25) is 0 Å². The number of amides is 2. The van der Waals surface area contributed by atoms with E-state index < -0.39 is 12.0 Å². The zero-order chi connectivity index (χ0) is 14.3. The van der Waals surface area contributed by atoms with E-state index in [1.807, 2.05) is 7.05 Å². The molecule has 104 valence electrons. The first-order valence-corrected chi connectivity index (χ1v) is 6.01. The highest BCUT2D eigenvalue weighted by molar-refractivity contribution is 5.97. The van der Waals surface area contributed by atoms with Crippen LogP contribution < -0.4 is 16.4 Å². The van der Waals surface area contributed by atoms with Crippen LogP contribution in [-0.4, -0.2) is 38.1 Å². The minimum absolute atomic E-state index is 0.266. The van der Waals surface area contributed by atoms with Gasteiger partial charge in [-0.2, -0.15) is 0 Å². The Kier molecular flexibility index (Phi) is 5.98. The summed E-state index contributed by atoms with van der Waals surface area (Å²) in [5.41, 5.74) is 6.04. The Morgan fingerprint density at radius 3 is 2.79 bits per heavy atom. The molecular weight excluding hydrogens is 246 g/mol. The van der Waals surface area contributed by atoms with E-state index in [9.17, 15) is 9.59 Å². The van der Waals surface area contributed by atoms with Crippen molar-refractivity contribution in [3.8, 4) is 0 Å². The molecule has 0 radical (unpaired) electrons. The van der Waals surface area contributed by atoms with Crippen LogP contribution in [0.1, 0.15) is 17.3 Å².